The number of sulfonamides is 1. The quantitative estimate of drug-likeness (QED) is 0.888. The first-order valence-electron chi connectivity index (χ1n) is 5.79. The fourth-order valence-electron chi connectivity index (χ4n) is 2.28. The monoisotopic (exact) mass is 274 g/mol. The zero-order valence-corrected chi connectivity index (χ0v) is 11.5. The Bertz CT molecular complexity index is 487. The van der Waals surface area contributed by atoms with Gasteiger partial charge in [0.1, 0.15) is 4.21 Å². The first-order chi connectivity index (χ1) is 7.91. The molecule has 1 aliphatic rings. The lowest BCUT2D eigenvalue weighted by Gasteiger charge is -2.33. The molecule has 1 aromatic heterocycles. The second kappa shape index (κ2) is 4.59. The van der Waals surface area contributed by atoms with Crippen molar-refractivity contribution in [1.82, 2.24) is 4.72 Å². The number of nitrogens with one attached hydrogen (secondary N) is 1. The van der Waals surface area contributed by atoms with Gasteiger partial charge >= 0.3 is 0 Å². The van der Waals surface area contributed by atoms with Gasteiger partial charge in [0.2, 0.25) is 0 Å². The van der Waals surface area contributed by atoms with E-state index in [2.05, 4.69) is 4.72 Å². The van der Waals surface area contributed by atoms with E-state index in [1.165, 1.54) is 23.8 Å². The van der Waals surface area contributed by atoms with E-state index in [-0.39, 0.29) is 5.54 Å². The molecule has 1 saturated carbocycles. The van der Waals surface area contributed by atoms with Crippen molar-refractivity contribution in [3.8, 4) is 0 Å². The van der Waals surface area contributed by atoms with Crippen LogP contribution >= 0.6 is 11.3 Å². The maximum Gasteiger partial charge on any atom is 0.250 e. The largest absolute Gasteiger partial charge is 0.398 e. The van der Waals surface area contributed by atoms with E-state index < -0.39 is 10.0 Å². The van der Waals surface area contributed by atoms with Crippen LogP contribution in [0, 0.1) is 0 Å². The summed E-state index contributed by atoms with van der Waals surface area (Å²) in [5, 5.41) is 1.65. The maximum absolute atomic E-state index is 12.2. The Morgan fingerprint density at radius 1 is 1.35 bits per heavy atom. The minimum Gasteiger partial charge on any atom is -0.398 e. The number of rotatable bonds is 3. The van der Waals surface area contributed by atoms with Gasteiger partial charge in [-0.1, -0.05) is 19.3 Å². The summed E-state index contributed by atoms with van der Waals surface area (Å²) >= 11 is 1.17. The molecule has 0 aliphatic heterocycles. The number of nitrogen functional groups attached to an aromatic ring is 1. The van der Waals surface area contributed by atoms with Crippen molar-refractivity contribution in [3.05, 3.63) is 11.4 Å². The molecule has 1 fully saturated rings. The normalized spacial score (nSPS) is 20.3. The van der Waals surface area contributed by atoms with Crippen molar-refractivity contribution >= 4 is 27.0 Å². The molecule has 1 aromatic rings. The molecule has 0 amide bonds. The smallest absolute Gasteiger partial charge is 0.250 e. The lowest BCUT2D eigenvalue weighted by atomic mass is 9.84. The Morgan fingerprint density at radius 2 is 2.00 bits per heavy atom. The van der Waals surface area contributed by atoms with Gasteiger partial charge in [-0.05, 0) is 25.8 Å². The van der Waals surface area contributed by atoms with Gasteiger partial charge < -0.3 is 5.73 Å². The van der Waals surface area contributed by atoms with E-state index in [4.69, 9.17) is 5.73 Å². The summed E-state index contributed by atoms with van der Waals surface area (Å²) in [6, 6.07) is 1.51. The van der Waals surface area contributed by atoms with E-state index in [0.29, 0.717) is 9.90 Å². The predicted molar refractivity (Wildman–Crippen MR) is 70.5 cm³/mol. The van der Waals surface area contributed by atoms with Crippen LogP contribution in [0.1, 0.15) is 39.0 Å². The van der Waals surface area contributed by atoms with Crippen molar-refractivity contribution in [3.63, 3.8) is 0 Å². The molecule has 17 heavy (non-hydrogen) atoms. The summed E-state index contributed by atoms with van der Waals surface area (Å²) in [5.74, 6) is 0. The molecule has 0 atom stereocenters. The van der Waals surface area contributed by atoms with Crippen molar-refractivity contribution in [2.24, 2.45) is 0 Å². The van der Waals surface area contributed by atoms with Crippen LogP contribution in [0.15, 0.2) is 15.7 Å². The van der Waals surface area contributed by atoms with Crippen LogP contribution in [0.3, 0.4) is 0 Å². The van der Waals surface area contributed by atoms with Gasteiger partial charge in [-0.3, -0.25) is 0 Å². The number of hydrogen-bond acceptors (Lipinski definition) is 4. The summed E-state index contributed by atoms with van der Waals surface area (Å²) in [5.41, 5.74) is 5.77. The molecular formula is C11H18N2O2S2. The molecule has 0 aromatic carbocycles. The molecule has 4 nitrogen and oxygen atoms in total. The minimum atomic E-state index is -3.41. The van der Waals surface area contributed by atoms with Crippen molar-refractivity contribution in [2.75, 3.05) is 5.73 Å². The second-order valence-corrected chi connectivity index (χ2v) is 7.75. The number of nitrogens with two attached hydrogens (primary N) is 1. The molecule has 96 valence electrons. The molecule has 0 saturated heterocycles. The third-order valence-electron chi connectivity index (χ3n) is 3.20. The minimum absolute atomic E-state index is 0.296. The van der Waals surface area contributed by atoms with E-state index in [9.17, 15) is 8.42 Å². The van der Waals surface area contributed by atoms with Gasteiger partial charge in [0, 0.05) is 16.6 Å². The lowest BCUT2D eigenvalue weighted by Crippen LogP contribution is -2.46. The van der Waals surface area contributed by atoms with E-state index >= 15 is 0 Å². The molecule has 1 aliphatic carbocycles. The molecule has 1 heterocycles. The third kappa shape index (κ3) is 3.00. The van der Waals surface area contributed by atoms with E-state index in [1.54, 1.807) is 5.38 Å². The summed E-state index contributed by atoms with van der Waals surface area (Å²) in [6.07, 6.45) is 5.20. The number of thiophene rings is 1. The SMILES string of the molecule is CC1(NS(=O)(=O)c2cc(N)cs2)CCCCC1. The van der Waals surface area contributed by atoms with Crippen LogP contribution in [-0.2, 0) is 10.0 Å². The number of hydrogen-bond donors (Lipinski definition) is 2. The van der Waals surface area contributed by atoms with Gasteiger partial charge in [-0.25, -0.2) is 13.1 Å². The van der Waals surface area contributed by atoms with Crippen LogP contribution in [0.25, 0.3) is 0 Å². The Balaban J connectivity index is 2.17. The molecule has 0 spiro atoms. The van der Waals surface area contributed by atoms with Crippen LogP contribution in [-0.4, -0.2) is 14.0 Å². The first-order valence-corrected chi connectivity index (χ1v) is 8.16. The fourth-order valence-corrected chi connectivity index (χ4v) is 4.83. The van der Waals surface area contributed by atoms with E-state index in [1.807, 2.05) is 6.92 Å². The summed E-state index contributed by atoms with van der Waals surface area (Å²) in [7, 11) is -3.41. The van der Waals surface area contributed by atoms with Crippen molar-refractivity contribution < 1.29 is 8.42 Å². The molecular weight excluding hydrogens is 256 g/mol. The zero-order chi connectivity index (χ0) is 12.5. The highest BCUT2D eigenvalue weighted by Gasteiger charge is 2.32. The molecule has 0 bridgehead atoms. The Morgan fingerprint density at radius 3 is 2.53 bits per heavy atom. The fraction of sp³-hybridized carbons (Fsp3) is 0.636. The van der Waals surface area contributed by atoms with Crippen LogP contribution < -0.4 is 10.5 Å². The Hall–Kier alpha value is -0.590. The van der Waals surface area contributed by atoms with Gasteiger partial charge in [-0.15, -0.1) is 11.3 Å². The highest BCUT2D eigenvalue weighted by atomic mass is 32.2. The van der Waals surface area contributed by atoms with Crippen LogP contribution in [0.4, 0.5) is 5.69 Å². The molecule has 3 N–H and O–H groups in total. The highest BCUT2D eigenvalue weighted by molar-refractivity contribution is 7.91. The van der Waals surface area contributed by atoms with Gasteiger partial charge in [0.15, 0.2) is 0 Å². The van der Waals surface area contributed by atoms with Crippen molar-refractivity contribution in [1.29, 1.82) is 0 Å². The molecule has 2 rings (SSSR count). The van der Waals surface area contributed by atoms with Crippen molar-refractivity contribution in [2.45, 2.75) is 48.8 Å². The maximum atomic E-state index is 12.2. The average molecular weight is 274 g/mol. The molecule has 0 radical (unpaired) electrons. The topological polar surface area (TPSA) is 72.2 Å². The zero-order valence-electron chi connectivity index (χ0n) is 9.90. The Kier molecular flexibility index (Phi) is 3.47. The highest BCUT2D eigenvalue weighted by Crippen LogP contribution is 2.30. The van der Waals surface area contributed by atoms with E-state index in [0.717, 1.165) is 25.7 Å². The summed E-state index contributed by atoms with van der Waals surface area (Å²) in [6.45, 7) is 1.99. The Labute approximate surface area is 106 Å². The average Bonchev–Trinajstić information content (AvgIpc) is 2.65. The summed E-state index contributed by atoms with van der Waals surface area (Å²) < 4.78 is 27.5. The summed E-state index contributed by atoms with van der Waals surface area (Å²) in [4.78, 5) is 0. The van der Waals surface area contributed by atoms with Gasteiger partial charge in [-0.2, -0.15) is 0 Å². The molecule has 0 unspecified atom stereocenters. The standard InChI is InChI=1S/C11H18N2O2S2/c1-11(5-3-2-4-6-11)13-17(14,15)10-7-9(12)8-16-10/h7-8,13H,2-6,12H2,1H3. The first kappa shape index (κ1) is 12.9. The van der Waals surface area contributed by atoms with Gasteiger partial charge in [0.25, 0.3) is 10.0 Å². The third-order valence-corrected chi connectivity index (χ3v) is 6.29. The molecule has 6 heteroatoms. The number of anilines is 1. The van der Waals surface area contributed by atoms with Crippen LogP contribution in [0.5, 0.6) is 0 Å². The van der Waals surface area contributed by atoms with Crippen LogP contribution in [0.2, 0.25) is 0 Å². The second-order valence-electron chi connectivity index (χ2n) is 4.93. The van der Waals surface area contributed by atoms with Gasteiger partial charge in [0.05, 0.1) is 0 Å². The lowest BCUT2D eigenvalue weighted by molar-refractivity contribution is 0.294. The predicted octanol–water partition coefficient (Wildman–Crippen LogP) is 2.33.